The summed E-state index contributed by atoms with van der Waals surface area (Å²) < 4.78 is 0. The number of nitrogens with zero attached hydrogens (tertiary/aromatic N) is 1. The number of nitrogens with one attached hydrogen (secondary N) is 2. The summed E-state index contributed by atoms with van der Waals surface area (Å²) in [7, 11) is 1.89. The van der Waals surface area contributed by atoms with Crippen molar-refractivity contribution in [2.75, 3.05) is 12.4 Å². The SMILES string of the molecule is CN(C(=O)NCc1cccc(NC(=O)C2CCC2)c1)C1CCCCC1. The normalized spacial score (nSPS) is 18.3. The van der Waals surface area contributed by atoms with Gasteiger partial charge in [0.1, 0.15) is 0 Å². The molecular weight excluding hydrogens is 314 g/mol. The zero-order chi connectivity index (χ0) is 17.6. The minimum atomic E-state index is -0.0178. The number of carbonyl (C=O) groups excluding carboxylic acids is 2. The summed E-state index contributed by atoms with van der Waals surface area (Å²) in [6, 6.07) is 8.08. The maximum atomic E-state index is 12.4. The highest BCUT2D eigenvalue weighted by molar-refractivity contribution is 5.93. The number of anilines is 1. The molecule has 1 aromatic carbocycles. The fourth-order valence-electron chi connectivity index (χ4n) is 3.61. The van der Waals surface area contributed by atoms with Crippen LogP contribution in [0.4, 0.5) is 10.5 Å². The minimum Gasteiger partial charge on any atom is -0.334 e. The van der Waals surface area contributed by atoms with E-state index in [2.05, 4.69) is 10.6 Å². The number of carbonyl (C=O) groups is 2. The molecule has 25 heavy (non-hydrogen) atoms. The van der Waals surface area contributed by atoms with Crippen molar-refractivity contribution in [1.29, 1.82) is 0 Å². The molecule has 0 radical (unpaired) electrons. The van der Waals surface area contributed by atoms with E-state index < -0.39 is 0 Å². The zero-order valence-electron chi connectivity index (χ0n) is 15.1. The van der Waals surface area contributed by atoms with E-state index >= 15 is 0 Å². The summed E-state index contributed by atoms with van der Waals surface area (Å²) >= 11 is 0. The molecule has 0 aliphatic heterocycles. The quantitative estimate of drug-likeness (QED) is 0.852. The van der Waals surface area contributed by atoms with Gasteiger partial charge in [-0.25, -0.2) is 4.79 Å². The van der Waals surface area contributed by atoms with Gasteiger partial charge in [0.2, 0.25) is 5.91 Å². The van der Waals surface area contributed by atoms with Crippen LogP contribution in [0.5, 0.6) is 0 Å². The van der Waals surface area contributed by atoms with Crippen molar-refractivity contribution in [2.24, 2.45) is 5.92 Å². The molecule has 0 heterocycles. The van der Waals surface area contributed by atoms with Gasteiger partial charge in [0.05, 0.1) is 0 Å². The fourth-order valence-corrected chi connectivity index (χ4v) is 3.61. The predicted octanol–water partition coefficient (Wildman–Crippen LogP) is 3.90. The van der Waals surface area contributed by atoms with Crippen molar-refractivity contribution in [1.82, 2.24) is 10.2 Å². The van der Waals surface area contributed by atoms with Gasteiger partial charge in [-0.05, 0) is 43.4 Å². The Morgan fingerprint density at radius 3 is 2.52 bits per heavy atom. The van der Waals surface area contributed by atoms with E-state index in [0.29, 0.717) is 12.6 Å². The molecule has 3 rings (SSSR count). The van der Waals surface area contributed by atoms with E-state index in [9.17, 15) is 9.59 Å². The zero-order valence-corrected chi connectivity index (χ0v) is 15.1. The minimum absolute atomic E-state index is 0.0178. The lowest BCUT2D eigenvalue weighted by molar-refractivity contribution is -0.122. The molecular formula is C20H29N3O2. The summed E-state index contributed by atoms with van der Waals surface area (Å²) in [4.78, 5) is 26.3. The van der Waals surface area contributed by atoms with Gasteiger partial charge in [-0.15, -0.1) is 0 Å². The lowest BCUT2D eigenvalue weighted by atomic mass is 9.85. The van der Waals surface area contributed by atoms with Gasteiger partial charge >= 0.3 is 6.03 Å². The van der Waals surface area contributed by atoms with E-state index in [1.54, 1.807) is 0 Å². The second-order valence-corrected chi connectivity index (χ2v) is 7.38. The molecule has 5 heteroatoms. The van der Waals surface area contributed by atoms with Gasteiger partial charge in [-0.2, -0.15) is 0 Å². The summed E-state index contributed by atoms with van der Waals surface area (Å²) in [5, 5.41) is 5.98. The molecule has 0 spiro atoms. The van der Waals surface area contributed by atoms with Crippen LogP contribution in [0.25, 0.3) is 0 Å². The maximum absolute atomic E-state index is 12.4. The Hall–Kier alpha value is -2.04. The molecule has 0 atom stereocenters. The Kier molecular flexibility index (Phi) is 5.95. The van der Waals surface area contributed by atoms with Gasteiger partial charge < -0.3 is 15.5 Å². The average molecular weight is 343 g/mol. The van der Waals surface area contributed by atoms with Crippen LogP contribution in [0.15, 0.2) is 24.3 Å². The second-order valence-electron chi connectivity index (χ2n) is 7.38. The first-order chi connectivity index (χ1) is 12.1. The van der Waals surface area contributed by atoms with Crippen molar-refractivity contribution < 1.29 is 9.59 Å². The number of rotatable bonds is 5. The Bertz CT molecular complexity index is 607. The molecule has 2 saturated carbocycles. The van der Waals surface area contributed by atoms with Gasteiger partial charge in [0.15, 0.2) is 0 Å². The van der Waals surface area contributed by atoms with E-state index in [-0.39, 0.29) is 17.9 Å². The molecule has 0 bridgehead atoms. The van der Waals surface area contributed by atoms with E-state index in [1.807, 2.05) is 36.2 Å². The predicted molar refractivity (Wildman–Crippen MR) is 99.3 cm³/mol. The topological polar surface area (TPSA) is 61.4 Å². The summed E-state index contributed by atoms with van der Waals surface area (Å²) in [6.07, 6.45) is 9.06. The van der Waals surface area contributed by atoms with Crippen molar-refractivity contribution in [3.8, 4) is 0 Å². The molecule has 136 valence electrons. The molecule has 3 amide bonds. The monoisotopic (exact) mass is 343 g/mol. The number of hydrogen-bond donors (Lipinski definition) is 2. The van der Waals surface area contributed by atoms with Crippen LogP contribution in [-0.4, -0.2) is 29.9 Å². The van der Waals surface area contributed by atoms with Crippen molar-refractivity contribution in [3.05, 3.63) is 29.8 Å². The number of hydrogen-bond acceptors (Lipinski definition) is 2. The molecule has 5 nitrogen and oxygen atoms in total. The molecule has 2 aliphatic rings. The van der Waals surface area contributed by atoms with E-state index in [0.717, 1.165) is 43.4 Å². The standard InChI is InChI=1S/C20H29N3O2/c1-23(18-11-3-2-4-12-18)20(25)21-14-15-7-5-10-17(13-15)22-19(24)16-8-6-9-16/h5,7,10,13,16,18H,2-4,6,8-9,11-12,14H2,1H3,(H,21,25)(H,22,24). The molecule has 0 aromatic heterocycles. The van der Waals surface area contributed by atoms with Crippen LogP contribution >= 0.6 is 0 Å². The smallest absolute Gasteiger partial charge is 0.317 e. The molecule has 1 aromatic rings. The molecule has 2 fully saturated rings. The van der Waals surface area contributed by atoms with Crippen LogP contribution in [-0.2, 0) is 11.3 Å². The van der Waals surface area contributed by atoms with Gasteiger partial charge in [-0.1, -0.05) is 37.8 Å². The first kappa shape index (κ1) is 17.8. The van der Waals surface area contributed by atoms with Crippen LogP contribution in [0, 0.1) is 5.92 Å². The van der Waals surface area contributed by atoms with Crippen LogP contribution in [0.3, 0.4) is 0 Å². The highest BCUT2D eigenvalue weighted by atomic mass is 16.2. The van der Waals surface area contributed by atoms with Crippen molar-refractivity contribution >= 4 is 17.6 Å². The van der Waals surface area contributed by atoms with Gasteiger partial charge in [0, 0.05) is 31.2 Å². The first-order valence-corrected chi connectivity index (χ1v) is 9.54. The third-order valence-electron chi connectivity index (χ3n) is 5.56. The van der Waals surface area contributed by atoms with Crippen LogP contribution < -0.4 is 10.6 Å². The second kappa shape index (κ2) is 8.37. The molecule has 2 aliphatic carbocycles. The largest absolute Gasteiger partial charge is 0.334 e. The number of benzene rings is 1. The number of amides is 3. The maximum Gasteiger partial charge on any atom is 0.317 e. The van der Waals surface area contributed by atoms with Gasteiger partial charge in [0.25, 0.3) is 0 Å². The van der Waals surface area contributed by atoms with Gasteiger partial charge in [-0.3, -0.25) is 4.79 Å². The number of urea groups is 1. The molecule has 0 unspecified atom stereocenters. The van der Waals surface area contributed by atoms with Crippen LogP contribution in [0.1, 0.15) is 56.9 Å². The van der Waals surface area contributed by atoms with Crippen molar-refractivity contribution in [3.63, 3.8) is 0 Å². The highest BCUT2D eigenvalue weighted by Gasteiger charge is 2.25. The Morgan fingerprint density at radius 1 is 1.08 bits per heavy atom. The first-order valence-electron chi connectivity index (χ1n) is 9.54. The third kappa shape index (κ3) is 4.74. The van der Waals surface area contributed by atoms with Crippen molar-refractivity contribution in [2.45, 2.75) is 64.0 Å². The highest BCUT2D eigenvalue weighted by Crippen LogP contribution is 2.27. The summed E-state index contributed by atoms with van der Waals surface area (Å²) in [5.41, 5.74) is 1.81. The third-order valence-corrected chi connectivity index (χ3v) is 5.56. The van der Waals surface area contributed by atoms with E-state index in [1.165, 1.54) is 19.3 Å². The Labute approximate surface area is 150 Å². The van der Waals surface area contributed by atoms with Crippen LogP contribution in [0.2, 0.25) is 0 Å². The molecule has 0 saturated heterocycles. The lowest BCUT2D eigenvalue weighted by Crippen LogP contribution is -2.44. The fraction of sp³-hybridized carbons (Fsp3) is 0.600. The summed E-state index contributed by atoms with van der Waals surface area (Å²) in [5.74, 6) is 0.289. The summed E-state index contributed by atoms with van der Waals surface area (Å²) in [6.45, 7) is 0.475. The lowest BCUT2D eigenvalue weighted by Gasteiger charge is -2.31. The average Bonchev–Trinajstić information content (AvgIpc) is 2.58. The van der Waals surface area contributed by atoms with E-state index in [4.69, 9.17) is 0 Å². The Morgan fingerprint density at radius 2 is 1.84 bits per heavy atom. The Balaban J connectivity index is 1.49. The molecule has 2 N–H and O–H groups in total.